The maximum absolute atomic E-state index is 11.5. The van der Waals surface area contributed by atoms with Crippen molar-refractivity contribution in [3.05, 3.63) is 35.4 Å². The van der Waals surface area contributed by atoms with Gasteiger partial charge in [-0.25, -0.2) is 0 Å². The Bertz CT molecular complexity index is 613. The van der Waals surface area contributed by atoms with Gasteiger partial charge in [0.1, 0.15) is 6.54 Å². The number of carboxylic acids is 1. The van der Waals surface area contributed by atoms with Crippen LogP contribution >= 0.6 is 0 Å². The van der Waals surface area contributed by atoms with Crippen LogP contribution in [0.2, 0.25) is 0 Å². The van der Waals surface area contributed by atoms with E-state index in [0.29, 0.717) is 18.8 Å². The predicted octanol–water partition coefficient (Wildman–Crippen LogP) is 6.30. The minimum absolute atomic E-state index is 0.189. The number of hydrogen-bond acceptors (Lipinski definition) is 3. The molecule has 0 aliphatic rings. The molecule has 0 aliphatic carbocycles. The molecule has 0 heterocycles. The molecular formula is C28H52N2O4. The van der Waals surface area contributed by atoms with E-state index in [-0.39, 0.29) is 18.4 Å². The lowest BCUT2D eigenvalue weighted by molar-refractivity contribution is -0.138. The Balaban J connectivity index is -0.000000523. The van der Waals surface area contributed by atoms with Crippen molar-refractivity contribution in [1.82, 2.24) is 10.6 Å². The van der Waals surface area contributed by atoms with Gasteiger partial charge in [0, 0.05) is 19.4 Å². The van der Waals surface area contributed by atoms with Gasteiger partial charge in [-0.05, 0) is 50.5 Å². The van der Waals surface area contributed by atoms with Crippen LogP contribution in [0.3, 0.4) is 0 Å². The fraction of sp³-hybridized carbons (Fsp3) is 0.679. The second-order valence-electron chi connectivity index (χ2n) is 8.00. The quantitative estimate of drug-likeness (QED) is 0.289. The Morgan fingerprint density at radius 2 is 1.41 bits per heavy atom. The van der Waals surface area contributed by atoms with E-state index in [4.69, 9.17) is 5.11 Å². The van der Waals surface area contributed by atoms with Gasteiger partial charge in [0.2, 0.25) is 11.8 Å². The zero-order valence-electron chi connectivity index (χ0n) is 23.1. The normalized spacial score (nSPS) is 9.32. The number of rotatable bonds is 13. The molecule has 0 bridgehead atoms. The van der Waals surface area contributed by atoms with E-state index in [1.165, 1.54) is 11.1 Å². The smallest absolute Gasteiger partial charge is 0.322 e. The second kappa shape index (κ2) is 26.9. The first-order valence-corrected chi connectivity index (χ1v) is 13.0. The Kier molecular flexibility index (Phi) is 28.6. The van der Waals surface area contributed by atoms with Crippen molar-refractivity contribution in [2.45, 2.75) is 107 Å². The summed E-state index contributed by atoms with van der Waals surface area (Å²) < 4.78 is 0. The molecule has 198 valence electrons. The number of carbonyl (C=O) groups is 3. The summed E-state index contributed by atoms with van der Waals surface area (Å²) in [5, 5.41) is 13.5. The lowest BCUT2D eigenvalue weighted by atomic mass is 10.1. The van der Waals surface area contributed by atoms with E-state index < -0.39 is 5.97 Å². The number of carbonyl (C=O) groups excluding carboxylic acids is 2. The molecule has 34 heavy (non-hydrogen) atoms. The minimum Gasteiger partial charge on any atom is -0.480 e. The summed E-state index contributed by atoms with van der Waals surface area (Å²) in [4.78, 5) is 32.4. The molecule has 2 amide bonds. The molecular weight excluding hydrogens is 428 g/mol. The van der Waals surface area contributed by atoms with Crippen LogP contribution in [0.15, 0.2) is 24.3 Å². The van der Waals surface area contributed by atoms with Gasteiger partial charge in [-0.15, -0.1) is 0 Å². The lowest BCUT2D eigenvalue weighted by Gasteiger charge is -2.04. The van der Waals surface area contributed by atoms with Gasteiger partial charge in [0.25, 0.3) is 0 Å². The molecule has 1 aromatic carbocycles. The summed E-state index contributed by atoms with van der Waals surface area (Å²) in [5.41, 5.74) is 2.67. The average molecular weight is 481 g/mol. The van der Waals surface area contributed by atoms with Crippen molar-refractivity contribution in [3.8, 4) is 0 Å². The number of aryl methyl sites for hydroxylation is 2. The molecule has 6 heteroatoms. The highest BCUT2D eigenvalue weighted by Crippen LogP contribution is 2.08. The monoisotopic (exact) mass is 480 g/mol. The fourth-order valence-electron chi connectivity index (χ4n) is 2.54. The fourth-order valence-corrected chi connectivity index (χ4v) is 2.54. The van der Waals surface area contributed by atoms with Crippen molar-refractivity contribution < 1.29 is 19.5 Å². The van der Waals surface area contributed by atoms with Crippen LogP contribution in [0.4, 0.5) is 0 Å². The molecule has 0 radical (unpaired) electrons. The van der Waals surface area contributed by atoms with Crippen molar-refractivity contribution in [1.29, 1.82) is 0 Å². The van der Waals surface area contributed by atoms with Crippen LogP contribution < -0.4 is 10.6 Å². The highest BCUT2D eigenvalue weighted by atomic mass is 16.4. The lowest BCUT2D eigenvalue weighted by Crippen LogP contribution is -2.29. The van der Waals surface area contributed by atoms with Gasteiger partial charge >= 0.3 is 5.97 Å². The van der Waals surface area contributed by atoms with Gasteiger partial charge in [-0.1, -0.05) is 84.7 Å². The summed E-state index contributed by atoms with van der Waals surface area (Å²) in [6.07, 6.45) is 7.22. The van der Waals surface area contributed by atoms with Crippen LogP contribution in [0.5, 0.6) is 0 Å². The SMILES string of the molecule is CC.CC.CC(C)CCC(=O)NCC(=O)O.CCCCNC(=O)CCCCc1ccc(C)cc1. The number of hydrogen-bond donors (Lipinski definition) is 3. The average Bonchev–Trinajstić information content (AvgIpc) is 2.83. The zero-order valence-corrected chi connectivity index (χ0v) is 23.1. The summed E-state index contributed by atoms with van der Waals surface area (Å²) in [6.45, 7) is 16.8. The van der Waals surface area contributed by atoms with E-state index in [2.05, 4.69) is 48.7 Å². The zero-order chi connectivity index (χ0) is 26.8. The second-order valence-corrected chi connectivity index (χ2v) is 8.00. The maximum Gasteiger partial charge on any atom is 0.322 e. The summed E-state index contributed by atoms with van der Waals surface area (Å²) in [6, 6.07) is 8.65. The van der Waals surface area contributed by atoms with E-state index in [1.54, 1.807) is 0 Å². The predicted molar refractivity (Wildman–Crippen MR) is 144 cm³/mol. The van der Waals surface area contributed by atoms with Crippen molar-refractivity contribution >= 4 is 17.8 Å². The maximum atomic E-state index is 11.5. The summed E-state index contributed by atoms with van der Waals surface area (Å²) >= 11 is 0. The van der Waals surface area contributed by atoms with Crippen LogP contribution in [0, 0.1) is 12.8 Å². The number of aliphatic carboxylic acids is 1. The Morgan fingerprint density at radius 3 is 1.91 bits per heavy atom. The number of unbranched alkanes of at least 4 members (excludes halogenated alkanes) is 2. The minimum atomic E-state index is -1.01. The topological polar surface area (TPSA) is 95.5 Å². The molecule has 1 rings (SSSR count). The summed E-state index contributed by atoms with van der Waals surface area (Å²) in [7, 11) is 0. The molecule has 0 aliphatic heterocycles. The highest BCUT2D eigenvalue weighted by molar-refractivity contribution is 5.81. The van der Waals surface area contributed by atoms with Crippen molar-refractivity contribution in [3.63, 3.8) is 0 Å². The van der Waals surface area contributed by atoms with Crippen LogP contribution in [0.1, 0.15) is 105 Å². The summed E-state index contributed by atoms with van der Waals surface area (Å²) in [5.74, 6) is -0.521. The third-order valence-electron chi connectivity index (χ3n) is 4.48. The third kappa shape index (κ3) is 27.7. The molecule has 0 aromatic heterocycles. The first-order chi connectivity index (χ1) is 16.2. The molecule has 0 fully saturated rings. The first-order valence-electron chi connectivity index (χ1n) is 13.0. The van der Waals surface area contributed by atoms with E-state index >= 15 is 0 Å². The van der Waals surface area contributed by atoms with Crippen molar-refractivity contribution in [2.75, 3.05) is 13.1 Å². The molecule has 0 saturated carbocycles. The molecule has 0 saturated heterocycles. The van der Waals surface area contributed by atoms with Crippen LogP contribution in [0.25, 0.3) is 0 Å². The van der Waals surface area contributed by atoms with Gasteiger partial charge in [0.15, 0.2) is 0 Å². The first kappa shape index (κ1) is 36.2. The van der Waals surface area contributed by atoms with Gasteiger partial charge < -0.3 is 15.7 Å². The van der Waals surface area contributed by atoms with Crippen LogP contribution in [-0.2, 0) is 20.8 Å². The molecule has 0 atom stereocenters. The Morgan fingerprint density at radius 1 is 0.853 bits per heavy atom. The molecule has 6 nitrogen and oxygen atoms in total. The standard InChI is InChI=1S/C16H25NO.C8H15NO3.2C2H6/c1-3-4-13-17-16(18)8-6-5-7-15-11-9-14(2)10-12-15;1-6(2)3-4-7(10)9-5-8(11)12;2*1-2/h9-12H,3-8,13H2,1-2H3,(H,17,18);6H,3-5H2,1-2H3,(H,9,10)(H,11,12);2*1-2H3. The number of amides is 2. The van der Waals surface area contributed by atoms with Gasteiger partial charge in [-0.3, -0.25) is 14.4 Å². The Hall–Kier alpha value is -2.37. The molecule has 1 aromatic rings. The highest BCUT2D eigenvalue weighted by Gasteiger charge is 2.04. The third-order valence-corrected chi connectivity index (χ3v) is 4.48. The molecule has 0 spiro atoms. The van der Waals surface area contributed by atoms with Gasteiger partial charge in [-0.2, -0.15) is 0 Å². The van der Waals surface area contributed by atoms with E-state index in [0.717, 1.165) is 45.1 Å². The number of carboxylic acid groups (broad SMARTS) is 1. The van der Waals surface area contributed by atoms with Crippen LogP contribution in [-0.4, -0.2) is 36.0 Å². The molecule has 3 N–H and O–H groups in total. The number of benzene rings is 1. The van der Waals surface area contributed by atoms with Crippen molar-refractivity contribution in [2.24, 2.45) is 5.92 Å². The molecule has 0 unspecified atom stereocenters. The van der Waals surface area contributed by atoms with E-state index in [1.807, 2.05) is 41.5 Å². The Labute approximate surface area is 209 Å². The largest absolute Gasteiger partial charge is 0.480 e. The number of nitrogens with one attached hydrogen (secondary N) is 2. The van der Waals surface area contributed by atoms with Gasteiger partial charge in [0.05, 0.1) is 0 Å². The van der Waals surface area contributed by atoms with E-state index in [9.17, 15) is 14.4 Å².